The Hall–Kier alpha value is -1.68. The summed E-state index contributed by atoms with van der Waals surface area (Å²) in [6.45, 7) is 6.39. The fourth-order valence-corrected chi connectivity index (χ4v) is 1.66. The third-order valence-corrected chi connectivity index (χ3v) is 2.49. The normalized spacial score (nSPS) is 11.2. The molecule has 110 valence electrons. The van der Waals surface area contributed by atoms with Crippen molar-refractivity contribution in [2.24, 2.45) is 0 Å². The van der Waals surface area contributed by atoms with Crippen molar-refractivity contribution in [3.05, 3.63) is 35.4 Å². The van der Waals surface area contributed by atoms with Crippen LogP contribution in [0.1, 0.15) is 43.1 Å². The molecule has 0 aromatic heterocycles. The van der Waals surface area contributed by atoms with Crippen LogP contribution in [0.3, 0.4) is 0 Å². The molecular weight excluding hydrogens is 256 g/mol. The van der Waals surface area contributed by atoms with Crippen molar-refractivity contribution in [3.8, 4) is 0 Å². The second-order valence-corrected chi connectivity index (χ2v) is 5.56. The molecule has 4 nitrogen and oxygen atoms in total. The molecule has 0 heterocycles. The Labute approximate surface area is 120 Å². The van der Waals surface area contributed by atoms with Gasteiger partial charge in [0, 0.05) is 5.56 Å². The van der Waals surface area contributed by atoms with E-state index in [1.54, 1.807) is 6.07 Å². The van der Waals surface area contributed by atoms with Gasteiger partial charge < -0.3 is 9.47 Å². The number of esters is 1. The van der Waals surface area contributed by atoms with Crippen LogP contribution in [0.15, 0.2) is 24.3 Å². The summed E-state index contributed by atoms with van der Waals surface area (Å²) in [6.07, 6.45) is 1.80. The van der Waals surface area contributed by atoms with E-state index in [0.717, 1.165) is 18.3 Å². The van der Waals surface area contributed by atoms with Gasteiger partial charge >= 0.3 is 5.97 Å². The van der Waals surface area contributed by atoms with Gasteiger partial charge in [-0.2, -0.15) is 0 Å². The third-order valence-electron chi connectivity index (χ3n) is 2.49. The summed E-state index contributed by atoms with van der Waals surface area (Å²) in [5, 5.41) is 0. The predicted molar refractivity (Wildman–Crippen MR) is 76.8 cm³/mol. The lowest BCUT2D eigenvalue weighted by Gasteiger charge is -2.19. The summed E-state index contributed by atoms with van der Waals surface area (Å²) >= 11 is 0. The van der Waals surface area contributed by atoms with E-state index in [0.29, 0.717) is 18.8 Å². The fraction of sp³-hybridized carbons (Fsp3) is 0.500. The average molecular weight is 278 g/mol. The van der Waals surface area contributed by atoms with Crippen LogP contribution in [0.4, 0.5) is 0 Å². The second-order valence-electron chi connectivity index (χ2n) is 5.56. The molecule has 0 saturated carbocycles. The maximum absolute atomic E-state index is 11.4. The van der Waals surface area contributed by atoms with Crippen LogP contribution in [0, 0.1) is 0 Å². The molecule has 0 bridgehead atoms. The van der Waals surface area contributed by atoms with E-state index in [4.69, 9.17) is 9.47 Å². The minimum atomic E-state index is -0.452. The molecule has 0 fully saturated rings. The van der Waals surface area contributed by atoms with Gasteiger partial charge in [-0.15, -0.1) is 0 Å². The molecule has 0 unspecified atom stereocenters. The minimum Gasteiger partial charge on any atom is -0.460 e. The number of benzene rings is 1. The van der Waals surface area contributed by atoms with Crippen molar-refractivity contribution in [2.45, 2.75) is 39.2 Å². The first-order valence-electron chi connectivity index (χ1n) is 6.74. The van der Waals surface area contributed by atoms with Crippen molar-refractivity contribution >= 4 is 12.3 Å². The lowest BCUT2D eigenvalue weighted by Crippen LogP contribution is -2.24. The molecule has 1 aromatic rings. The second kappa shape index (κ2) is 7.80. The van der Waals surface area contributed by atoms with Crippen molar-refractivity contribution in [1.82, 2.24) is 0 Å². The molecule has 0 aliphatic carbocycles. The zero-order chi connectivity index (χ0) is 15.0. The van der Waals surface area contributed by atoms with Gasteiger partial charge in [-0.3, -0.25) is 9.59 Å². The Balaban J connectivity index is 2.19. The zero-order valence-electron chi connectivity index (χ0n) is 12.3. The molecular formula is C16H22O4. The third kappa shape index (κ3) is 7.04. The smallest absolute Gasteiger partial charge is 0.308 e. The standard InChI is InChI=1S/C16H22O4/c1-16(2,3)20-15(18)8-10-19-9-7-13-5-4-6-14(11-13)12-17/h4-6,11-12H,7-10H2,1-3H3. The van der Waals surface area contributed by atoms with Crippen LogP contribution < -0.4 is 0 Å². The van der Waals surface area contributed by atoms with Crippen molar-refractivity contribution < 1.29 is 19.1 Å². The SMILES string of the molecule is CC(C)(C)OC(=O)CCOCCc1cccc(C=O)c1. The molecule has 20 heavy (non-hydrogen) atoms. The van der Waals surface area contributed by atoms with Crippen molar-refractivity contribution in [3.63, 3.8) is 0 Å². The molecule has 0 aliphatic heterocycles. The van der Waals surface area contributed by atoms with E-state index in [1.807, 2.05) is 39.0 Å². The van der Waals surface area contributed by atoms with Crippen LogP contribution >= 0.6 is 0 Å². The Morgan fingerprint density at radius 3 is 2.65 bits per heavy atom. The average Bonchev–Trinajstić information content (AvgIpc) is 2.36. The summed E-state index contributed by atoms with van der Waals surface area (Å²) in [6, 6.07) is 7.40. The van der Waals surface area contributed by atoms with Crippen molar-refractivity contribution in [1.29, 1.82) is 0 Å². The summed E-state index contributed by atoms with van der Waals surface area (Å²) in [7, 11) is 0. The van der Waals surface area contributed by atoms with Crippen LogP contribution in [0.2, 0.25) is 0 Å². The maximum atomic E-state index is 11.4. The first-order valence-corrected chi connectivity index (χ1v) is 6.74. The number of rotatable bonds is 7. The predicted octanol–water partition coefficient (Wildman–Crippen LogP) is 2.79. The van der Waals surface area contributed by atoms with E-state index in [9.17, 15) is 9.59 Å². The first kappa shape index (κ1) is 16.4. The van der Waals surface area contributed by atoms with Gasteiger partial charge in [-0.05, 0) is 38.8 Å². The van der Waals surface area contributed by atoms with Gasteiger partial charge in [0.1, 0.15) is 11.9 Å². The van der Waals surface area contributed by atoms with Crippen LogP contribution in [-0.2, 0) is 20.7 Å². The summed E-state index contributed by atoms with van der Waals surface area (Å²) < 4.78 is 10.6. The van der Waals surface area contributed by atoms with Crippen LogP contribution in [-0.4, -0.2) is 31.1 Å². The summed E-state index contributed by atoms with van der Waals surface area (Å²) in [5.41, 5.74) is 1.26. The maximum Gasteiger partial charge on any atom is 0.308 e. The lowest BCUT2D eigenvalue weighted by atomic mass is 10.1. The van der Waals surface area contributed by atoms with Gasteiger partial charge in [0.05, 0.1) is 19.6 Å². The quantitative estimate of drug-likeness (QED) is 0.437. The highest BCUT2D eigenvalue weighted by Crippen LogP contribution is 2.08. The van der Waals surface area contributed by atoms with E-state index in [2.05, 4.69) is 0 Å². The monoisotopic (exact) mass is 278 g/mol. The van der Waals surface area contributed by atoms with Gasteiger partial charge in [0.2, 0.25) is 0 Å². The number of ether oxygens (including phenoxy) is 2. The van der Waals surface area contributed by atoms with Gasteiger partial charge in [-0.25, -0.2) is 0 Å². The van der Waals surface area contributed by atoms with Gasteiger partial charge in [0.25, 0.3) is 0 Å². The van der Waals surface area contributed by atoms with E-state index in [1.165, 1.54) is 0 Å². The molecule has 0 spiro atoms. The van der Waals surface area contributed by atoms with Crippen molar-refractivity contribution in [2.75, 3.05) is 13.2 Å². The van der Waals surface area contributed by atoms with Gasteiger partial charge in [0.15, 0.2) is 0 Å². The molecule has 4 heteroatoms. The lowest BCUT2D eigenvalue weighted by molar-refractivity contribution is -0.156. The van der Waals surface area contributed by atoms with Crippen LogP contribution in [0.5, 0.6) is 0 Å². The highest BCUT2D eigenvalue weighted by Gasteiger charge is 2.15. The highest BCUT2D eigenvalue weighted by molar-refractivity contribution is 5.74. The van der Waals surface area contributed by atoms with Crippen LogP contribution in [0.25, 0.3) is 0 Å². The Bertz CT molecular complexity index is 446. The number of hydrogen-bond donors (Lipinski definition) is 0. The number of aldehydes is 1. The number of carbonyl (C=O) groups is 2. The molecule has 0 radical (unpaired) electrons. The largest absolute Gasteiger partial charge is 0.460 e. The Morgan fingerprint density at radius 2 is 2.00 bits per heavy atom. The minimum absolute atomic E-state index is 0.250. The highest BCUT2D eigenvalue weighted by atomic mass is 16.6. The molecule has 0 aliphatic rings. The topological polar surface area (TPSA) is 52.6 Å². The Kier molecular flexibility index (Phi) is 6.39. The van der Waals surface area contributed by atoms with E-state index < -0.39 is 5.60 Å². The summed E-state index contributed by atoms with van der Waals surface area (Å²) in [5.74, 6) is -0.250. The fourth-order valence-electron chi connectivity index (χ4n) is 1.66. The number of carbonyl (C=O) groups excluding carboxylic acids is 2. The Morgan fingerprint density at radius 1 is 1.25 bits per heavy atom. The van der Waals surface area contributed by atoms with E-state index in [-0.39, 0.29) is 12.4 Å². The molecule has 1 aromatic carbocycles. The van der Waals surface area contributed by atoms with Gasteiger partial charge in [-0.1, -0.05) is 18.2 Å². The molecule has 0 amide bonds. The molecule has 0 atom stereocenters. The molecule has 0 N–H and O–H groups in total. The molecule has 0 saturated heterocycles. The van der Waals surface area contributed by atoms with E-state index >= 15 is 0 Å². The number of hydrogen-bond acceptors (Lipinski definition) is 4. The summed E-state index contributed by atoms with van der Waals surface area (Å²) in [4.78, 5) is 22.1. The zero-order valence-corrected chi connectivity index (χ0v) is 12.3. The first-order chi connectivity index (χ1) is 9.40. The molecule has 1 rings (SSSR count).